The van der Waals surface area contributed by atoms with Crippen molar-refractivity contribution >= 4 is 11.9 Å². The van der Waals surface area contributed by atoms with Crippen LogP contribution >= 0.6 is 0 Å². The highest BCUT2D eigenvalue weighted by Gasteiger charge is 2.06. The first-order chi connectivity index (χ1) is 9.04. The van der Waals surface area contributed by atoms with E-state index in [2.05, 4.69) is 0 Å². The Morgan fingerprint density at radius 1 is 1.00 bits per heavy atom. The molecule has 19 heavy (non-hydrogen) atoms. The van der Waals surface area contributed by atoms with Crippen LogP contribution in [-0.2, 0) is 0 Å². The summed E-state index contributed by atoms with van der Waals surface area (Å²) >= 11 is 0. The number of rotatable bonds is 3. The molecule has 0 atom stereocenters. The second-order valence-electron chi connectivity index (χ2n) is 3.95. The lowest BCUT2D eigenvalue weighted by molar-refractivity contribution is 0.104. The second-order valence-corrected chi connectivity index (χ2v) is 3.95. The van der Waals surface area contributed by atoms with Gasteiger partial charge < -0.3 is 5.11 Å². The summed E-state index contributed by atoms with van der Waals surface area (Å²) < 4.78 is 25.9. The fourth-order valence-corrected chi connectivity index (χ4v) is 1.55. The van der Waals surface area contributed by atoms with Gasteiger partial charge in [0.25, 0.3) is 0 Å². The fraction of sp³-hybridized carbons (Fsp3) is 0. The Morgan fingerprint density at radius 2 is 1.58 bits per heavy atom. The number of carbonyl (C=O) groups is 1. The Kier molecular flexibility index (Phi) is 3.71. The average molecular weight is 260 g/mol. The van der Waals surface area contributed by atoms with Gasteiger partial charge in [0.05, 0.1) is 0 Å². The van der Waals surface area contributed by atoms with E-state index < -0.39 is 17.4 Å². The van der Waals surface area contributed by atoms with E-state index in [-0.39, 0.29) is 11.3 Å². The summed E-state index contributed by atoms with van der Waals surface area (Å²) in [6.45, 7) is 0. The van der Waals surface area contributed by atoms with Gasteiger partial charge >= 0.3 is 0 Å². The highest BCUT2D eigenvalue weighted by Crippen LogP contribution is 2.13. The number of benzene rings is 2. The zero-order valence-electron chi connectivity index (χ0n) is 9.81. The molecule has 0 aliphatic rings. The molecule has 0 aliphatic carbocycles. The smallest absolute Gasteiger partial charge is 0.186 e. The van der Waals surface area contributed by atoms with E-state index in [1.165, 1.54) is 24.3 Å². The third-order valence-corrected chi connectivity index (χ3v) is 2.47. The maximum Gasteiger partial charge on any atom is 0.186 e. The number of carbonyl (C=O) groups excluding carboxylic acids is 1. The molecule has 0 saturated carbocycles. The van der Waals surface area contributed by atoms with Crippen molar-refractivity contribution in [3.05, 3.63) is 71.3 Å². The van der Waals surface area contributed by atoms with Crippen molar-refractivity contribution in [1.29, 1.82) is 0 Å². The van der Waals surface area contributed by atoms with Crippen molar-refractivity contribution in [1.82, 2.24) is 0 Å². The molecule has 0 amide bonds. The van der Waals surface area contributed by atoms with Crippen LogP contribution in [0.25, 0.3) is 6.08 Å². The third kappa shape index (κ3) is 3.48. The molecule has 2 nitrogen and oxygen atoms in total. The van der Waals surface area contributed by atoms with Crippen LogP contribution in [0.4, 0.5) is 8.78 Å². The van der Waals surface area contributed by atoms with Gasteiger partial charge in [0, 0.05) is 11.6 Å². The molecule has 96 valence electrons. The van der Waals surface area contributed by atoms with Crippen molar-refractivity contribution in [2.24, 2.45) is 0 Å². The first-order valence-electron chi connectivity index (χ1n) is 5.52. The number of phenols is 1. The summed E-state index contributed by atoms with van der Waals surface area (Å²) in [5, 5.41) is 9.10. The molecule has 0 radical (unpaired) electrons. The summed E-state index contributed by atoms with van der Waals surface area (Å²) in [6, 6.07) is 8.86. The topological polar surface area (TPSA) is 37.3 Å². The molecule has 0 bridgehead atoms. The molecule has 0 unspecified atom stereocenters. The summed E-state index contributed by atoms with van der Waals surface area (Å²) in [7, 11) is 0. The maximum atomic E-state index is 13.0. The van der Waals surface area contributed by atoms with Gasteiger partial charge in [-0.3, -0.25) is 4.79 Å². The highest BCUT2D eigenvalue weighted by atomic mass is 19.1. The van der Waals surface area contributed by atoms with E-state index in [4.69, 9.17) is 5.11 Å². The molecule has 2 aromatic rings. The third-order valence-electron chi connectivity index (χ3n) is 2.47. The van der Waals surface area contributed by atoms with Crippen LogP contribution in [0.15, 0.2) is 48.5 Å². The number of phenolic OH excluding ortho intramolecular Hbond substituents is 1. The monoisotopic (exact) mass is 260 g/mol. The van der Waals surface area contributed by atoms with Crippen LogP contribution < -0.4 is 0 Å². The Morgan fingerprint density at radius 3 is 2.16 bits per heavy atom. The van der Waals surface area contributed by atoms with Crippen LogP contribution in [-0.4, -0.2) is 10.9 Å². The van der Waals surface area contributed by atoms with Gasteiger partial charge in [-0.2, -0.15) is 0 Å². The fourth-order valence-electron chi connectivity index (χ4n) is 1.55. The first kappa shape index (κ1) is 13.0. The molecule has 0 fully saturated rings. The molecule has 2 rings (SSSR count). The molecular weight excluding hydrogens is 250 g/mol. The number of hydrogen-bond donors (Lipinski definition) is 1. The zero-order chi connectivity index (χ0) is 13.8. The van der Waals surface area contributed by atoms with Gasteiger partial charge in [-0.25, -0.2) is 8.78 Å². The van der Waals surface area contributed by atoms with E-state index in [0.29, 0.717) is 11.6 Å². The minimum absolute atomic E-state index is 0.0486. The Hall–Kier alpha value is -2.49. The molecule has 4 heteroatoms. The van der Waals surface area contributed by atoms with E-state index in [1.807, 2.05) is 0 Å². The lowest BCUT2D eigenvalue weighted by atomic mass is 10.1. The van der Waals surface area contributed by atoms with Crippen molar-refractivity contribution in [2.45, 2.75) is 0 Å². The van der Waals surface area contributed by atoms with Crippen molar-refractivity contribution in [3.63, 3.8) is 0 Å². The largest absolute Gasteiger partial charge is 0.508 e. The Labute approximate surface area is 108 Å². The van der Waals surface area contributed by atoms with Crippen molar-refractivity contribution < 1.29 is 18.7 Å². The summed E-state index contributed by atoms with van der Waals surface area (Å²) in [4.78, 5) is 11.7. The van der Waals surface area contributed by atoms with E-state index in [1.54, 1.807) is 12.1 Å². The van der Waals surface area contributed by atoms with Gasteiger partial charge in [0.15, 0.2) is 5.78 Å². The van der Waals surface area contributed by atoms with Gasteiger partial charge in [-0.15, -0.1) is 0 Å². The van der Waals surface area contributed by atoms with Crippen LogP contribution in [0.1, 0.15) is 15.9 Å². The molecule has 0 aliphatic heterocycles. The minimum Gasteiger partial charge on any atom is -0.508 e. The van der Waals surface area contributed by atoms with Crippen LogP contribution in [0.3, 0.4) is 0 Å². The molecular formula is C15H10F2O2. The zero-order valence-corrected chi connectivity index (χ0v) is 9.81. The molecule has 0 aromatic heterocycles. The first-order valence-corrected chi connectivity index (χ1v) is 5.52. The normalized spacial score (nSPS) is 10.8. The number of ketones is 1. The van der Waals surface area contributed by atoms with Crippen LogP contribution in [0.2, 0.25) is 0 Å². The Bertz CT molecular complexity index is 611. The van der Waals surface area contributed by atoms with Gasteiger partial charge in [0.2, 0.25) is 0 Å². The summed E-state index contributed by atoms with van der Waals surface area (Å²) in [6.07, 6.45) is 2.73. The molecule has 0 heterocycles. The van der Waals surface area contributed by atoms with E-state index in [9.17, 15) is 13.6 Å². The standard InChI is InChI=1S/C15H10F2O2/c16-12-7-11(8-13(17)9-12)15(19)6-3-10-1-4-14(18)5-2-10/h1-9,18H/b6-3+. The van der Waals surface area contributed by atoms with Gasteiger partial charge in [0.1, 0.15) is 17.4 Å². The quantitative estimate of drug-likeness (QED) is 0.676. The summed E-state index contributed by atoms with van der Waals surface area (Å²) in [5.41, 5.74) is 0.649. The molecule has 2 aromatic carbocycles. The number of halogens is 2. The maximum absolute atomic E-state index is 13.0. The minimum atomic E-state index is -0.790. The summed E-state index contributed by atoms with van der Waals surface area (Å²) in [5.74, 6) is -1.95. The van der Waals surface area contributed by atoms with E-state index in [0.717, 1.165) is 12.1 Å². The lowest BCUT2D eigenvalue weighted by Crippen LogP contribution is -1.96. The number of hydrogen-bond acceptors (Lipinski definition) is 2. The second kappa shape index (κ2) is 5.44. The van der Waals surface area contributed by atoms with Gasteiger partial charge in [-0.05, 0) is 35.9 Å². The van der Waals surface area contributed by atoms with Crippen molar-refractivity contribution in [2.75, 3.05) is 0 Å². The van der Waals surface area contributed by atoms with Crippen LogP contribution in [0, 0.1) is 11.6 Å². The number of aromatic hydroxyl groups is 1. The predicted octanol–water partition coefficient (Wildman–Crippen LogP) is 3.57. The lowest BCUT2D eigenvalue weighted by Gasteiger charge is -1.98. The predicted molar refractivity (Wildman–Crippen MR) is 67.8 cm³/mol. The number of allylic oxidation sites excluding steroid dienone is 1. The Balaban J connectivity index is 2.18. The molecule has 0 saturated heterocycles. The van der Waals surface area contributed by atoms with Crippen LogP contribution in [0.5, 0.6) is 5.75 Å². The SMILES string of the molecule is O=C(/C=C/c1ccc(O)cc1)c1cc(F)cc(F)c1. The van der Waals surface area contributed by atoms with Crippen molar-refractivity contribution in [3.8, 4) is 5.75 Å². The molecule has 0 spiro atoms. The van der Waals surface area contributed by atoms with Gasteiger partial charge in [-0.1, -0.05) is 18.2 Å². The molecule has 1 N–H and O–H groups in total. The van der Waals surface area contributed by atoms with E-state index >= 15 is 0 Å². The highest BCUT2D eigenvalue weighted by molar-refractivity contribution is 6.06. The average Bonchev–Trinajstić information content (AvgIpc) is 2.36.